The molecule has 0 aliphatic rings. The van der Waals surface area contributed by atoms with Crippen LogP contribution in [0.15, 0.2) is 18.2 Å². The summed E-state index contributed by atoms with van der Waals surface area (Å²) in [5, 5.41) is 10.5. The highest BCUT2D eigenvalue weighted by molar-refractivity contribution is 7.78. The lowest BCUT2D eigenvalue weighted by atomic mass is 10.1. The van der Waals surface area contributed by atoms with Crippen LogP contribution in [0.5, 0.6) is 0 Å². The molecule has 0 saturated heterocycles. The maximum absolute atomic E-state index is 10.5. The van der Waals surface area contributed by atoms with Crippen LogP contribution >= 0.6 is 0 Å². The zero-order valence-electron chi connectivity index (χ0n) is 7.41. The highest BCUT2D eigenvalue weighted by Gasteiger charge is 2.13. The molecule has 0 aliphatic carbocycles. The molecule has 0 amide bonds. The molecule has 0 heterocycles. The van der Waals surface area contributed by atoms with E-state index in [0.717, 1.165) is 6.07 Å². The fourth-order valence-corrected chi connectivity index (χ4v) is 1.52. The molecule has 80 valence electrons. The number of benzene rings is 1. The first-order chi connectivity index (χ1) is 7.04. The first kappa shape index (κ1) is 11.5. The van der Waals surface area contributed by atoms with E-state index in [-0.39, 0.29) is 22.6 Å². The third-order valence-corrected chi connectivity index (χ3v) is 2.27. The molecule has 1 unspecified atom stereocenters. The molecule has 1 atom stereocenters. The summed E-state index contributed by atoms with van der Waals surface area (Å²) in [5.41, 5.74) is -0.172. The first-order valence-electron chi connectivity index (χ1n) is 3.83. The van der Waals surface area contributed by atoms with E-state index in [4.69, 9.17) is 0 Å². The Labute approximate surface area is 87.4 Å². The highest BCUT2D eigenvalue weighted by Crippen LogP contribution is 2.19. The van der Waals surface area contributed by atoms with Crippen LogP contribution in [0.2, 0.25) is 0 Å². The van der Waals surface area contributed by atoms with Gasteiger partial charge in [0, 0.05) is 11.8 Å². The minimum absolute atomic E-state index is 0.0690. The highest BCUT2D eigenvalue weighted by atomic mass is 32.2. The predicted octanol–water partition coefficient (Wildman–Crippen LogP) is 0.786. The summed E-state index contributed by atoms with van der Waals surface area (Å²) >= 11 is -2.31. The Morgan fingerprint density at radius 3 is 2.60 bits per heavy atom. The fraction of sp³-hybridized carbons (Fsp3) is 0.125. The Balaban J connectivity index is 3.15. The van der Waals surface area contributed by atoms with Crippen molar-refractivity contribution >= 4 is 23.1 Å². The summed E-state index contributed by atoms with van der Waals surface area (Å²) in [5.74, 6) is -0.306. The van der Waals surface area contributed by atoms with Gasteiger partial charge in [-0.2, -0.15) is 0 Å². The molecule has 0 spiro atoms. The van der Waals surface area contributed by atoms with Crippen molar-refractivity contribution < 1.29 is 18.5 Å². The van der Waals surface area contributed by atoms with Crippen molar-refractivity contribution in [2.24, 2.45) is 0 Å². The molecule has 6 nitrogen and oxygen atoms in total. The van der Waals surface area contributed by atoms with Crippen molar-refractivity contribution in [1.29, 1.82) is 0 Å². The van der Waals surface area contributed by atoms with Gasteiger partial charge in [-0.3, -0.25) is 19.1 Å². The average Bonchev–Trinajstić information content (AvgIpc) is 2.16. The fourth-order valence-electron chi connectivity index (χ4n) is 1.07. The van der Waals surface area contributed by atoms with Gasteiger partial charge in [-0.1, -0.05) is 17.1 Å². The molecule has 1 aromatic carbocycles. The van der Waals surface area contributed by atoms with E-state index in [0.29, 0.717) is 6.29 Å². The van der Waals surface area contributed by atoms with Crippen LogP contribution in [0.3, 0.4) is 0 Å². The Bertz CT molecular complexity index is 431. The number of nitro groups is 1. The molecular weight excluding hydrogens is 222 g/mol. The number of carbonyl (C=O) groups excluding carboxylic acids is 1. The van der Waals surface area contributed by atoms with Crippen molar-refractivity contribution in [2.45, 2.75) is 5.75 Å². The van der Waals surface area contributed by atoms with Crippen LogP contribution in [0.25, 0.3) is 0 Å². The van der Waals surface area contributed by atoms with Crippen LogP contribution in [-0.2, 0) is 16.8 Å². The monoisotopic (exact) mass is 228 g/mol. The Hall–Kier alpha value is -1.60. The van der Waals surface area contributed by atoms with Crippen molar-refractivity contribution in [1.82, 2.24) is 0 Å². The van der Waals surface area contributed by atoms with Gasteiger partial charge < -0.3 is 4.55 Å². The van der Waals surface area contributed by atoms with Crippen molar-refractivity contribution in [3.63, 3.8) is 0 Å². The zero-order chi connectivity index (χ0) is 11.4. The minimum atomic E-state index is -2.31. The molecule has 1 aromatic rings. The lowest BCUT2D eigenvalue weighted by molar-refractivity contribution is -0.385. The summed E-state index contributed by atoms with van der Waals surface area (Å²) in [6.07, 6.45) is 0.357. The third kappa shape index (κ3) is 2.93. The van der Waals surface area contributed by atoms with Gasteiger partial charge in [-0.15, -0.1) is 0 Å². The van der Waals surface area contributed by atoms with E-state index >= 15 is 0 Å². The van der Waals surface area contributed by atoms with E-state index in [2.05, 4.69) is 0 Å². The SMILES string of the molecule is O=Cc1ccc(CS(=O)[O-])cc1[N+](=O)[O-]. The van der Waals surface area contributed by atoms with Gasteiger partial charge in [0.2, 0.25) is 0 Å². The smallest absolute Gasteiger partial charge is 0.280 e. The number of nitrogens with zero attached hydrogens (tertiary/aromatic N) is 1. The third-order valence-electron chi connectivity index (χ3n) is 1.70. The second kappa shape index (κ2) is 4.76. The molecule has 0 fully saturated rings. The molecular formula is C8H6NO5S-. The van der Waals surface area contributed by atoms with Gasteiger partial charge in [-0.05, 0) is 11.6 Å². The predicted molar refractivity (Wildman–Crippen MR) is 51.1 cm³/mol. The van der Waals surface area contributed by atoms with Crippen molar-refractivity contribution in [2.75, 3.05) is 0 Å². The summed E-state index contributed by atoms with van der Waals surface area (Å²) < 4.78 is 20.7. The van der Waals surface area contributed by atoms with Crippen molar-refractivity contribution in [3.05, 3.63) is 39.4 Å². The molecule has 0 N–H and O–H groups in total. The van der Waals surface area contributed by atoms with E-state index in [9.17, 15) is 23.7 Å². The number of hydrogen-bond donors (Lipinski definition) is 0. The Morgan fingerprint density at radius 1 is 1.47 bits per heavy atom. The quantitative estimate of drug-likeness (QED) is 0.328. The summed E-state index contributed by atoms with van der Waals surface area (Å²) in [4.78, 5) is 20.2. The molecule has 0 bridgehead atoms. The Kier molecular flexibility index (Phi) is 3.64. The van der Waals surface area contributed by atoms with Gasteiger partial charge in [0.15, 0.2) is 6.29 Å². The number of carbonyl (C=O) groups is 1. The molecule has 0 aliphatic heterocycles. The van der Waals surface area contributed by atoms with E-state index in [1.807, 2.05) is 0 Å². The lowest BCUT2D eigenvalue weighted by Gasteiger charge is -2.05. The van der Waals surface area contributed by atoms with Crippen LogP contribution < -0.4 is 0 Å². The first-order valence-corrected chi connectivity index (χ1v) is 5.07. The largest absolute Gasteiger partial charge is 0.772 e. The van der Waals surface area contributed by atoms with Crippen LogP contribution in [0.4, 0.5) is 5.69 Å². The maximum Gasteiger partial charge on any atom is 0.280 e. The van der Waals surface area contributed by atoms with Gasteiger partial charge in [-0.25, -0.2) is 0 Å². The normalized spacial score (nSPS) is 12.1. The van der Waals surface area contributed by atoms with Crippen LogP contribution in [0, 0.1) is 10.1 Å². The van der Waals surface area contributed by atoms with E-state index < -0.39 is 16.0 Å². The lowest BCUT2D eigenvalue weighted by Crippen LogP contribution is -1.98. The number of aldehydes is 1. The molecule has 7 heteroatoms. The van der Waals surface area contributed by atoms with E-state index in [1.54, 1.807) is 0 Å². The van der Waals surface area contributed by atoms with E-state index in [1.165, 1.54) is 12.1 Å². The van der Waals surface area contributed by atoms with Gasteiger partial charge >= 0.3 is 0 Å². The zero-order valence-corrected chi connectivity index (χ0v) is 8.23. The number of nitro benzene ring substituents is 1. The second-order valence-electron chi connectivity index (χ2n) is 2.72. The summed E-state index contributed by atoms with van der Waals surface area (Å²) in [7, 11) is 0. The summed E-state index contributed by atoms with van der Waals surface area (Å²) in [6, 6.07) is 3.68. The van der Waals surface area contributed by atoms with Gasteiger partial charge in [0.1, 0.15) is 0 Å². The molecule has 0 radical (unpaired) electrons. The average molecular weight is 228 g/mol. The van der Waals surface area contributed by atoms with Crippen molar-refractivity contribution in [3.8, 4) is 0 Å². The maximum atomic E-state index is 10.5. The molecule has 0 saturated carbocycles. The van der Waals surface area contributed by atoms with Crippen LogP contribution in [-0.4, -0.2) is 20.0 Å². The Morgan fingerprint density at radius 2 is 2.13 bits per heavy atom. The van der Waals surface area contributed by atoms with Crippen LogP contribution in [0.1, 0.15) is 15.9 Å². The van der Waals surface area contributed by atoms with Gasteiger partial charge in [0.05, 0.1) is 10.5 Å². The standard InChI is InChI=1S/C8H7NO5S/c10-4-7-2-1-6(5-15(13)14)3-8(7)9(11)12/h1-4H,5H2,(H,13,14)/p-1. The molecule has 15 heavy (non-hydrogen) atoms. The number of rotatable bonds is 4. The minimum Gasteiger partial charge on any atom is -0.772 e. The van der Waals surface area contributed by atoms with Gasteiger partial charge in [0.25, 0.3) is 5.69 Å². The molecule has 0 aromatic heterocycles. The topological polar surface area (TPSA) is 100 Å². The number of hydrogen-bond acceptors (Lipinski definition) is 5. The molecule has 1 rings (SSSR count). The summed E-state index contributed by atoms with van der Waals surface area (Å²) in [6.45, 7) is 0. The second-order valence-corrected chi connectivity index (χ2v) is 3.61.